The zero-order valence-corrected chi connectivity index (χ0v) is 26.7. The van der Waals surface area contributed by atoms with Crippen LogP contribution in [0, 0.1) is 16.7 Å². The number of carbonyl (C=O) groups is 1. The fourth-order valence-corrected chi connectivity index (χ4v) is 5.07. The van der Waals surface area contributed by atoms with Gasteiger partial charge >= 0.3 is 6.18 Å². The molecule has 7 nitrogen and oxygen atoms in total. The molecule has 2 N–H and O–H groups in total. The van der Waals surface area contributed by atoms with E-state index in [0.29, 0.717) is 33.4 Å². The number of nitrogens with one attached hydrogen (secondary N) is 2. The largest absolute Gasteiger partial charge is 0.416 e. The van der Waals surface area contributed by atoms with Crippen molar-refractivity contribution in [3.63, 3.8) is 0 Å². The number of halogens is 5. The number of hydrogen-bond donors (Lipinski definition) is 2. The average molecular weight is 674 g/mol. The van der Waals surface area contributed by atoms with Crippen molar-refractivity contribution < 1.29 is 18.0 Å². The predicted octanol–water partition coefficient (Wildman–Crippen LogP) is 7.67. The number of rotatable bonds is 11. The van der Waals surface area contributed by atoms with Crippen LogP contribution < -0.4 is 10.7 Å². The number of hydrogen-bond acceptors (Lipinski definition) is 5. The summed E-state index contributed by atoms with van der Waals surface area (Å²) in [5.74, 6) is -0.112. The van der Waals surface area contributed by atoms with Gasteiger partial charge in [-0.25, -0.2) is 10.4 Å². The second-order valence-corrected chi connectivity index (χ2v) is 12.1. The molecule has 0 aliphatic rings. The Hall–Kier alpha value is -3.95. The van der Waals surface area contributed by atoms with Crippen LogP contribution in [0.4, 0.5) is 18.9 Å². The molecule has 0 unspecified atom stereocenters. The Kier molecular flexibility index (Phi) is 10.9. The van der Waals surface area contributed by atoms with Gasteiger partial charge in [0.15, 0.2) is 5.11 Å². The Morgan fingerprint density at radius 1 is 1.09 bits per heavy atom. The highest BCUT2D eigenvalue weighted by Crippen LogP contribution is 2.31. The number of anilines is 1. The van der Waals surface area contributed by atoms with E-state index in [4.69, 9.17) is 40.7 Å². The predicted molar refractivity (Wildman–Crippen MR) is 173 cm³/mol. The molecule has 13 heteroatoms. The summed E-state index contributed by atoms with van der Waals surface area (Å²) >= 11 is 18.2. The number of nitriles is 1. The van der Waals surface area contributed by atoms with E-state index in [1.54, 1.807) is 56.7 Å². The van der Waals surface area contributed by atoms with Crippen molar-refractivity contribution in [1.82, 2.24) is 20.0 Å². The minimum absolute atomic E-state index is 0.0548. The molecular formula is C32H29Cl2F3N6OS. The first-order chi connectivity index (χ1) is 21.3. The molecule has 0 spiro atoms. The number of alkyl halides is 3. The van der Waals surface area contributed by atoms with Crippen LogP contribution in [0.15, 0.2) is 79.3 Å². The van der Waals surface area contributed by atoms with Crippen molar-refractivity contribution in [3.8, 4) is 6.07 Å². The number of hydrazine groups is 1. The first-order valence-electron chi connectivity index (χ1n) is 13.7. The summed E-state index contributed by atoms with van der Waals surface area (Å²) in [4.78, 5) is 17.9. The molecule has 3 aromatic carbocycles. The normalized spacial score (nSPS) is 11.6. The Labute approximate surface area is 274 Å². The highest BCUT2D eigenvalue weighted by Gasteiger charge is 2.33. The third kappa shape index (κ3) is 9.05. The summed E-state index contributed by atoms with van der Waals surface area (Å²) in [6.07, 6.45) is -1.17. The molecule has 0 aliphatic carbocycles. The van der Waals surface area contributed by atoms with Gasteiger partial charge in [0.2, 0.25) is 0 Å². The molecule has 4 rings (SSSR count). The molecule has 0 saturated heterocycles. The van der Waals surface area contributed by atoms with Crippen molar-refractivity contribution >= 4 is 52.0 Å². The van der Waals surface area contributed by atoms with Crippen LogP contribution in [0.1, 0.15) is 41.8 Å². The molecular weight excluding hydrogens is 644 g/mol. The van der Waals surface area contributed by atoms with E-state index >= 15 is 0 Å². The van der Waals surface area contributed by atoms with Gasteiger partial charge in [0.1, 0.15) is 5.78 Å². The first kappa shape index (κ1) is 33.9. The summed E-state index contributed by atoms with van der Waals surface area (Å²) in [5, 5.41) is 14.2. The summed E-state index contributed by atoms with van der Waals surface area (Å²) in [6, 6.07) is 19.1. The van der Waals surface area contributed by atoms with Gasteiger partial charge in [-0.1, -0.05) is 67.4 Å². The van der Waals surface area contributed by atoms with E-state index in [2.05, 4.69) is 21.8 Å². The van der Waals surface area contributed by atoms with Crippen molar-refractivity contribution in [3.05, 3.63) is 117 Å². The molecule has 0 aliphatic heterocycles. The van der Waals surface area contributed by atoms with Gasteiger partial charge in [-0.3, -0.25) is 9.80 Å². The molecule has 234 valence electrons. The summed E-state index contributed by atoms with van der Waals surface area (Å²) in [7, 11) is 0. The van der Waals surface area contributed by atoms with Crippen molar-refractivity contribution in [2.45, 2.75) is 39.5 Å². The van der Waals surface area contributed by atoms with Crippen LogP contribution in [0.2, 0.25) is 10.0 Å². The minimum Gasteiger partial charge on any atom is -0.332 e. The number of nitrogens with zero attached hydrogens (tertiary/aromatic N) is 4. The number of imidazole rings is 1. The van der Waals surface area contributed by atoms with Crippen LogP contribution in [0.25, 0.3) is 0 Å². The number of benzene rings is 3. The topological polar surface area (TPSA) is 86.0 Å². The molecule has 45 heavy (non-hydrogen) atoms. The molecule has 1 heterocycles. The lowest BCUT2D eigenvalue weighted by Gasteiger charge is -2.34. The van der Waals surface area contributed by atoms with Crippen LogP contribution in [0.5, 0.6) is 0 Å². The maximum atomic E-state index is 13.7. The number of thiocarbonyl (C=S) groups is 1. The molecule has 0 fully saturated rings. The van der Waals surface area contributed by atoms with Gasteiger partial charge in [-0.05, 0) is 59.7 Å². The second kappa shape index (κ2) is 14.4. The van der Waals surface area contributed by atoms with Gasteiger partial charge in [0, 0.05) is 49.0 Å². The van der Waals surface area contributed by atoms with Crippen LogP contribution in [-0.4, -0.2) is 32.0 Å². The molecule has 0 saturated carbocycles. The van der Waals surface area contributed by atoms with Gasteiger partial charge < -0.3 is 9.88 Å². The number of Topliss-reactive ketones (excluding diaryl/α,β-unsaturated/α-hetero) is 1. The fraction of sp³-hybridized carbons (Fsp3) is 0.250. The lowest BCUT2D eigenvalue weighted by atomic mass is 9.85. The number of carbonyl (C=O) groups excluding carboxylic acids is 1. The van der Waals surface area contributed by atoms with Crippen molar-refractivity contribution in [1.29, 1.82) is 5.26 Å². The molecule has 0 bridgehead atoms. The van der Waals surface area contributed by atoms with Gasteiger partial charge in [-0.15, -0.1) is 0 Å². The van der Waals surface area contributed by atoms with E-state index in [1.165, 1.54) is 17.1 Å². The van der Waals surface area contributed by atoms with Crippen molar-refractivity contribution in [2.24, 2.45) is 5.41 Å². The summed E-state index contributed by atoms with van der Waals surface area (Å²) in [5.41, 5.74) is 4.36. The van der Waals surface area contributed by atoms with E-state index < -0.39 is 17.2 Å². The lowest BCUT2D eigenvalue weighted by molar-refractivity contribution is -0.137. The molecule has 0 amide bonds. The zero-order chi connectivity index (χ0) is 32.8. The van der Waals surface area contributed by atoms with Gasteiger partial charge in [0.25, 0.3) is 0 Å². The highest BCUT2D eigenvalue weighted by atomic mass is 35.5. The monoisotopic (exact) mass is 672 g/mol. The molecule has 0 atom stereocenters. The van der Waals surface area contributed by atoms with E-state index in [0.717, 1.165) is 17.7 Å². The molecule has 4 aromatic rings. The maximum Gasteiger partial charge on any atom is 0.416 e. The quantitative estimate of drug-likeness (QED) is 0.125. The Balaban J connectivity index is 1.52. The third-order valence-corrected chi connectivity index (χ3v) is 8.24. The van der Waals surface area contributed by atoms with E-state index in [-0.39, 0.29) is 36.1 Å². The SMILES string of the molecule is CC(C)(CN(NCc1cccc(Cl)c1Cl)C(=S)Nc1cccc(C(F)(F)F)c1)C(=O)Cc1cncn1Cc1ccc(C#N)cc1. The Morgan fingerprint density at radius 3 is 2.49 bits per heavy atom. The summed E-state index contributed by atoms with van der Waals surface area (Å²) < 4.78 is 41.9. The number of ketones is 1. The van der Waals surface area contributed by atoms with E-state index in [9.17, 15) is 18.0 Å². The Morgan fingerprint density at radius 2 is 1.80 bits per heavy atom. The van der Waals surface area contributed by atoms with Crippen LogP contribution >= 0.6 is 35.4 Å². The molecule has 0 radical (unpaired) electrons. The smallest absolute Gasteiger partial charge is 0.332 e. The average Bonchev–Trinajstić information content (AvgIpc) is 3.43. The second-order valence-electron chi connectivity index (χ2n) is 10.9. The van der Waals surface area contributed by atoms with Gasteiger partial charge in [-0.2, -0.15) is 18.4 Å². The maximum absolute atomic E-state index is 13.7. The Bertz CT molecular complexity index is 1720. The standard InChI is InChI=1S/C32H29Cl2F3N6OS/c1-31(2,28(44)14-26-17-39-20-42(26)18-22-11-9-21(15-38)10-12-22)19-43(40-16-23-5-3-8-27(33)29(23)34)30(45)41-25-7-4-6-24(13-25)32(35,36)37/h3-13,17,20,40H,14,16,18-19H2,1-2H3,(H,41,45). The van der Waals surface area contributed by atoms with Crippen LogP contribution in [0.3, 0.4) is 0 Å². The van der Waals surface area contributed by atoms with E-state index in [1.807, 2.05) is 16.7 Å². The fourth-order valence-electron chi connectivity index (χ4n) is 4.44. The summed E-state index contributed by atoms with van der Waals surface area (Å²) in [6.45, 7) is 4.24. The lowest BCUT2D eigenvalue weighted by Crippen LogP contribution is -2.51. The van der Waals surface area contributed by atoms with Crippen molar-refractivity contribution in [2.75, 3.05) is 11.9 Å². The highest BCUT2D eigenvalue weighted by molar-refractivity contribution is 7.80. The van der Waals surface area contributed by atoms with Gasteiger partial charge in [0.05, 0.1) is 33.6 Å². The van der Waals surface area contributed by atoms with Crippen LogP contribution in [-0.2, 0) is 30.5 Å². The number of aromatic nitrogens is 2. The zero-order valence-electron chi connectivity index (χ0n) is 24.3. The minimum atomic E-state index is -4.53. The third-order valence-electron chi connectivity index (χ3n) is 7.06. The molecule has 1 aromatic heterocycles. The first-order valence-corrected chi connectivity index (χ1v) is 14.9.